The number of halogens is 2. The number of rotatable bonds is 3. The van der Waals surface area contributed by atoms with Crippen LogP contribution in [0, 0.1) is 12.8 Å². The lowest BCUT2D eigenvalue weighted by atomic mass is 9.81. The fraction of sp³-hybridized carbons (Fsp3) is 0.353. The topological polar surface area (TPSA) is 88.0 Å². The zero-order valence-corrected chi connectivity index (χ0v) is 13.3. The normalized spacial score (nSPS) is 17.1. The maximum absolute atomic E-state index is 13.1. The lowest BCUT2D eigenvalue weighted by molar-refractivity contribution is -0.114. The zero-order valence-electron chi connectivity index (χ0n) is 13.3. The van der Waals surface area contributed by atoms with Crippen molar-refractivity contribution in [3.63, 3.8) is 0 Å². The van der Waals surface area contributed by atoms with Crippen molar-refractivity contribution in [1.82, 2.24) is 14.8 Å². The molecule has 2 N–H and O–H groups in total. The number of benzene rings is 1. The number of aromatic carboxylic acids is 1. The number of nitrogens with zero attached hydrogens (tertiary/aromatic N) is 2. The fourth-order valence-corrected chi connectivity index (χ4v) is 3.56. The van der Waals surface area contributed by atoms with Crippen LogP contribution in [0.4, 0.5) is 8.78 Å². The SMILES string of the molecule is Cc1cc2[nH]c(=O)c3cnn(CC4CC(F)(F)C4)c3c2cc1C(=O)O. The van der Waals surface area contributed by atoms with Gasteiger partial charge in [-0.05, 0) is 30.5 Å². The molecule has 8 heteroatoms. The quantitative estimate of drug-likeness (QED) is 0.762. The van der Waals surface area contributed by atoms with Gasteiger partial charge in [-0.25, -0.2) is 13.6 Å². The predicted molar refractivity (Wildman–Crippen MR) is 87.2 cm³/mol. The third kappa shape index (κ3) is 2.48. The van der Waals surface area contributed by atoms with E-state index in [2.05, 4.69) is 10.1 Å². The largest absolute Gasteiger partial charge is 0.478 e. The van der Waals surface area contributed by atoms with Crippen LogP contribution in [0.1, 0.15) is 28.8 Å². The van der Waals surface area contributed by atoms with Crippen molar-refractivity contribution in [1.29, 1.82) is 0 Å². The van der Waals surface area contributed by atoms with Crippen molar-refractivity contribution < 1.29 is 18.7 Å². The number of H-pyrrole nitrogens is 1. The third-order valence-corrected chi connectivity index (χ3v) is 4.79. The minimum atomic E-state index is -2.62. The minimum absolute atomic E-state index is 0.128. The van der Waals surface area contributed by atoms with Crippen molar-refractivity contribution in [2.24, 2.45) is 5.92 Å². The number of carbonyl (C=O) groups is 1. The molecule has 0 atom stereocenters. The van der Waals surface area contributed by atoms with Gasteiger partial charge >= 0.3 is 5.97 Å². The molecule has 2 aromatic heterocycles. The molecule has 0 bridgehead atoms. The molecule has 3 aromatic rings. The Morgan fingerprint density at radius 3 is 2.76 bits per heavy atom. The van der Waals surface area contributed by atoms with Crippen LogP contribution in [-0.2, 0) is 6.54 Å². The van der Waals surface area contributed by atoms with E-state index in [1.807, 2.05) is 0 Å². The van der Waals surface area contributed by atoms with Crippen LogP contribution in [0.5, 0.6) is 0 Å². The molecule has 130 valence electrons. The van der Waals surface area contributed by atoms with Gasteiger partial charge in [-0.1, -0.05) is 0 Å². The fourth-order valence-electron chi connectivity index (χ4n) is 3.56. The summed E-state index contributed by atoms with van der Waals surface area (Å²) in [4.78, 5) is 26.4. The van der Waals surface area contributed by atoms with Crippen molar-refractivity contribution in [3.8, 4) is 0 Å². The molecule has 0 radical (unpaired) electrons. The molecule has 25 heavy (non-hydrogen) atoms. The number of hydrogen-bond acceptors (Lipinski definition) is 3. The summed E-state index contributed by atoms with van der Waals surface area (Å²) in [5, 5.41) is 14.4. The summed E-state index contributed by atoms with van der Waals surface area (Å²) < 4.78 is 27.7. The van der Waals surface area contributed by atoms with Crippen molar-refractivity contribution in [3.05, 3.63) is 39.8 Å². The Bertz CT molecular complexity index is 1080. The second-order valence-electron chi connectivity index (χ2n) is 6.69. The second kappa shape index (κ2) is 5.11. The number of carboxylic acids is 1. The number of hydrogen-bond donors (Lipinski definition) is 2. The van der Waals surface area contributed by atoms with E-state index in [1.54, 1.807) is 13.0 Å². The molecule has 0 amide bonds. The molecule has 1 aliphatic rings. The molecule has 0 saturated heterocycles. The Hall–Kier alpha value is -2.77. The molecule has 1 fully saturated rings. The van der Waals surface area contributed by atoms with Gasteiger partial charge in [0.05, 0.1) is 28.2 Å². The number of alkyl halides is 2. The molecule has 0 unspecified atom stereocenters. The summed E-state index contributed by atoms with van der Waals surface area (Å²) in [6.07, 6.45) is 0.995. The van der Waals surface area contributed by atoms with Crippen LogP contribution >= 0.6 is 0 Å². The van der Waals surface area contributed by atoms with Gasteiger partial charge in [-0.3, -0.25) is 9.48 Å². The lowest BCUT2D eigenvalue weighted by Gasteiger charge is -2.34. The number of pyridine rings is 1. The van der Waals surface area contributed by atoms with E-state index in [4.69, 9.17) is 0 Å². The van der Waals surface area contributed by atoms with Gasteiger partial charge in [0.15, 0.2) is 0 Å². The summed E-state index contributed by atoms with van der Waals surface area (Å²) in [5.41, 5.74) is 1.30. The van der Waals surface area contributed by atoms with E-state index in [1.165, 1.54) is 16.9 Å². The standard InChI is InChI=1S/C17H15F2N3O3/c1-8-2-13-11(3-10(8)16(24)25)14-12(15(23)21-13)6-20-22(14)7-9-4-17(18,19)5-9/h2-3,6,9H,4-5,7H2,1H3,(H,21,23)(H,24,25). The first-order chi connectivity index (χ1) is 11.7. The Morgan fingerprint density at radius 1 is 1.40 bits per heavy atom. The summed E-state index contributed by atoms with van der Waals surface area (Å²) in [7, 11) is 0. The zero-order chi connectivity index (χ0) is 17.9. The average Bonchev–Trinajstić information content (AvgIpc) is 2.89. The van der Waals surface area contributed by atoms with E-state index < -0.39 is 11.9 Å². The van der Waals surface area contributed by atoms with Crippen molar-refractivity contribution in [2.45, 2.75) is 32.2 Å². The second-order valence-corrected chi connectivity index (χ2v) is 6.69. The highest BCUT2D eigenvalue weighted by Crippen LogP contribution is 2.43. The first-order valence-electron chi connectivity index (χ1n) is 7.88. The number of fused-ring (bicyclic) bond motifs is 3. The molecular formula is C17H15F2N3O3. The van der Waals surface area contributed by atoms with E-state index in [9.17, 15) is 23.5 Å². The lowest BCUT2D eigenvalue weighted by Crippen LogP contribution is -2.37. The van der Waals surface area contributed by atoms with Crippen LogP contribution in [0.25, 0.3) is 21.8 Å². The molecule has 2 heterocycles. The number of aromatic nitrogens is 3. The molecule has 6 nitrogen and oxygen atoms in total. The summed E-state index contributed by atoms with van der Waals surface area (Å²) >= 11 is 0. The number of aromatic amines is 1. The van der Waals surface area contributed by atoms with Gasteiger partial charge < -0.3 is 10.1 Å². The monoisotopic (exact) mass is 347 g/mol. The van der Waals surface area contributed by atoms with E-state index in [-0.39, 0.29) is 36.4 Å². The average molecular weight is 347 g/mol. The highest BCUT2D eigenvalue weighted by molar-refractivity contribution is 6.06. The summed E-state index contributed by atoms with van der Waals surface area (Å²) in [6.45, 7) is 1.92. The molecule has 1 saturated carbocycles. The molecule has 1 aromatic carbocycles. The molecule has 4 rings (SSSR count). The maximum Gasteiger partial charge on any atom is 0.335 e. The van der Waals surface area contributed by atoms with E-state index >= 15 is 0 Å². The van der Waals surface area contributed by atoms with Gasteiger partial charge in [0.25, 0.3) is 5.56 Å². The van der Waals surface area contributed by atoms with Crippen LogP contribution in [0.3, 0.4) is 0 Å². The third-order valence-electron chi connectivity index (χ3n) is 4.79. The van der Waals surface area contributed by atoms with Gasteiger partial charge in [0, 0.05) is 24.8 Å². The first-order valence-corrected chi connectivity index (χ1v) is 7.88. The van der Waals surface area contributed by atoms with Crippen LogP contribution in [-0.4, -0.2) is 31.8 Å². The van der Waals surface area contributed by atoms with Gasteiger partial charge in [0.1, 0.15) is 0 Å². The van der Waals surface area contributed by atoms with E-state index in [0.717, 1.165) is 0 Å². The van der Waals surface area contributed by atoms with Gasteiger partial charge in [0.2, 0.25) is 5.92 Å². The molecule has 0 aliphatic heterocycles. The van der Waals surface area contributed by atoms with Crippen molar-refractivity contribution >= 4 is 27.8 Å². The van der Waals surface area contributed by atoms with E-state index in [0.29, 0.717) is 27.4 Å². The van der Waals surface area contributed by atoms with Crippen LogP contribution in [0.2, 0.25) is 0 Å². The number of nitrogens with one attached hydrogen (secondary N) is 1. The van der Waals surface area contributed by atoms with Crippen LogP contribution < -0.4 is 5.56 Å². The highest BCUT2D eigenvalue weighted by atomic mass is 19.3. The summed E-state index contributed by atoms with van der Waals surface area (Å²) in [6, 6.07) is 3.10. The van der Waals surface area contributed by atoms with Gasteiger partial charge in [-0.2, -0.15) is 5.10 Å². The maximum atomic E-state index is 13.1. The van der Waals surface area contributed by atoms with Crippen molar-refractivity contribution in [2.75, 3.05) is 0 Å². The minimum Gasteiger partial charge on any atom is -0.478 e. The predicted octanol–water partition coefficient (Wildman–Crippen LogP) is 2.93. The Kier molecular flexibility index (Phi) is 3.22. The molecular weight excluding hydrogens is 332 g/mol. The highest BCUT2D eigenvalue weighted by Gasteiger charge is 2.45. The number of aryl methyl sites for hydroxylation is 1. The smallest absolute Gasteiger partial charge is 0.335 e. The first kappa shape index (κ1) is 15.7. The molecule has 1 aliphatic carbocycles. The van der Waals surface area contributed by atoms with Crippen LogP contribution in [0.15, 0.2) is 23.1 Å². The van der Waals surface area contributed by atoms with Gasteiger partial charge in [-0.15, -0.1) is 0 Å². The molecule has 0 spiro atoms. The number of carboxylic acid groups (broad SMARTS) is 1. The summed E-state index contributed by atoms with van der Waals surface area (Å²) in [5.74, 6) is -3.90. The Labute approximate surface area is 140 Å². The Morgan fingerprint density at radius 2 is 2.12 bits per heavy atom. The Balaban J connectivity index is 1.91.